The minimum absolute atomic E-state index is 0.647. The molecule has 0 amide bonds. The molecule has 1 saturated heterocycles. The summed E-state index contributed by atoms with van der Waals surface area (Å²) in [4.78, 5) is 6.59. The van der Waals surface area contributed by atoms with E-state index in [9.17, 15) is 0 Å². The molecule has 2 unspecified atom stereocenters. The summed E-state index contributed by atoms with van der Waals surface area (Å²) in [5, 5.41) is 1.24. The van der Waals surface area contributed by atoms with E-state index in [0.29, 0.717) is 5.82 Å². The van der Waals surface area contributed by atoms with Gasteiger partial charge in [0.2, 0.25) is 0 Å². The fourth-order valence-corrected chi connectivity index (χ4v) is 4.55. The zero-order chi connectivity index (χ0) is 13.5. The van der Waals surface area contributed by atoms with Crippen molar-refractivity contribution in [3.05, 3.63) is 24.5 Å². The molecule has 0 spiro atoms. The summed E-state index contributed by atoms with van der Waals surface area (Å²) in [5.74, 6) is 2.40. The predicted octanol–water partition coefficient (Wildman–Crippen LogP) is 3.02. The smallest absolute Gasteiger partial charge is 0.147 e. The quantitative estimate of drug-likeness (QED) is 0.922. The predicted molar refractivity (Wildman–Crippen MR) is 82.8 cm³/mol. The first-order valence-corrected chi connectivity index (χ1v) is 8.01. The number of hydrogen-bond donors (Lipinski definition) is 1. The Morgan fingerprint density at radius 2 is 1.85 bits per heavy atom. The van der Waals surface area contributed by atoms with Gasteiger partial charge >= 0.3 is 0 Å². The van der Waals surface area contributed by atoms with Gasteiger partial charge in [0.05, 0.1) is 5.56 Å². The molecular formula is C15H18N4S. The third-order valence-electron chi connectivity index (χ3n) is 4.68. The van der Waals surface area contributed by atoms with Gasteiger partial charge in [-0.2, -0.15) is 4.37 Å². The Balaban J connectivity index is 1.70. The van der Waals surface area contributed by atoms with Crippen LogP contribution in [-0.4, -0.2) is 22.4 Å². The van der Waals surface area contributed by atoms with Crippen LogP contribution >= 0.6 is 11.5 Å². The van der Waals surface area contributed by atoms with Crippen LogP contribution in [0.5, 0.6) is 0 Å². The highest BCUT2D eigenvalue weighted by Crippen LogP contribution is 2.45. The van der Waals surface area contributed by atoms with Crippen LogP contribution in [-0.2, 0) is 0 Å². The summed E-state index contributed by atoms with van der Waals surface area (Å²) in [6, 6.07) is 4.03. The van der Waals surface area contributed by atoms with Crippen LogP contribution in [0.3, 0.4) is 0 Å². The van der Waals surface area contributed by atoms with Crippen molar-refractivity contribution in [2.24, 2.45) is 11.8 Å². The maximum atomic E-state index is 6.11. The Bertz CT molecular complexity index is 598. The number of nitrogens with zero attached hydrogens (tertiary/aromatic N) is 3. The monoisotopic (exact) mass is 286 g/mol. The summed E-state index contributed by atoms with van der Waals surface area (Å²) in [5.41, 5.74) is 8.33. The molecule has 104 valence electrons. The number of nitrogens with two attached hydrogens (primary N) is 1. The van der Waals surface area contributed by atoms with Crippen LogP contribution in [0.4, 0.5) is 10.8 Å². The first-order valence-electron chi connectivity index (χ1n) is 7.23. The third-order valence-corrected chi connectivity index (χ3v) is 5.61. The van der Waals surface area contributed by atoms with Crippen LogP contribution < -0.4 is 10.6 Å². The van der Waals surface area contributed by atoms with Crippen LogP contribution in [0, 0.1) is 11.8 Å². The fraction of sp³-hybridized carbons (Fsp3) is 0.467. The van der Waals surface area contributed by atoms with Gasteiger partial charge in [-0.25, -0.2) is 0 Å². The number of hydrogen-bond acceptors (Lipinski definition) is 5. The second kappa shape index (κ2) is 4.74. The maximum Gasteiger partial charge on any atom is 0.147 e. The molecular weight excluding hydrogens is 268 g/mol. The Morgan fingerprint density at radius 1 is 1.15 bits per heavy atom. The highest BCUT2D eigenvalue weighted by atomic mass is 32.1. The first kappa shape index (κ1) is 12.1. The van der Waals surface area contributed by atoms with Gasteiger partial charge in [0, 0.05) is 25.5 Å². The number of pyridine rings is 1. The molecule has 4 nitrogen and oxygen atoms in total. The normalized spacial score (nSPS) is 25.1. The van der Waals surface area contributed by atoms with Gasteiger partial charge in [-0.1, -0.05) is 6.42 Å². The Morgan fingerprint density at radius 3 is 2.55 bits per heavy atom. The van der Waals surface area contributed by atoms with Gasteiger partial charge in [-0.05, 0) is 53.9 Å². The van der Waals surface area contributed by atoms with E-state index in [-0.39, 0.29) is 0 Å². The second-order valence-corrected chi connectivity index (χ2v) is 6.59. The van der Waals surface area contributed by atoms with Crippen molar-refractivity contribution >= 4 is 22.4 Å². The lowest BCUT2D eigenvalue weighted by Crippen LogP contribution is -2.20. The summed E-state index contributed by atoms with van der Waals surface area (Å²) < 4.78 is 4.39. The zero-order valence-corrected chi connectivity index (χ0v) is 12.1. The van der Waals surface area contributed by atoms with E-state index in [1.807, 2.05) is 24.5 Å². The van der Waals surface area contributed by atoms with Crippen LogP contribution in [0.25, 0.3) is 11.1 Å². The van der Waals surface area contributed by atoms with Crippen LogP contribution in [0.2, 0.25) is 0 Å². The SMILES string of the molecule is Nc1nsc(N2CC3CCCC3C2)c1-c1ccncc1. The lowest BCUT2D eigenvalue weighted by molar-refractivity contribution is 0.494. The van der Waals surface area contributed by atoms with Crippen molar-refractivity contribution in [3.8, 4) is 11.1 Å². The Kier molecular flexibility index (Phi) is 2.88. The Hall–Kier alpha value is -1.62. The van der Waals surface area contributed by atoms with Gasteiger partial charge in [0.15, 0.2) is 0 Å². The molecule has 5 heteroatoms. The number of fused-ring (bicyclic) bond motifs is 1. The molecule has 1 aliphatic carbocycles. The standard InChI is InChI=1S/C15H18N4S/c16-14-13(10-4-6-17-7-5-10)15(20-18-14)19-8-11-2-1-3-12(11)9-19/h4-7,11-12H,1-3,8-9H2,(H2,16,18). The second-order valence-electron chi connectivity index (χ2n) is 5.84. The molecule has 2 N–H and O–H groups in total. The van der Waals surface area contributed by atoms with Crippen molar-refractivity contribution in [2.45, 2.75) is 19.3 Å². The largest absolute Gasteiger partial charge is 0.382 e. The molecule has 4 rings (SSSR count). The summed E-state index contributed by atoms with van der Waals surface area (Å²) >= 11 is 1.54. The average molecular weight is 286 g/mol. The van der Waals surface area contributed by atoms with Crippen LogP contribution in [0.1, 0.15) is 19.3 Å². The third kappa shape index (κ3) is 1.88. The zero-order valence-electron chi connectivity index (χ0n) is 11.3. The van der Waals surface area contributed by atoms with Gasteiger partial charge in [-0.3, -0.25) is 4.98 Å². The molecule has 1 saturated carbocycles. The van der Waals surface area contributed by atoms with Gasteiger partial charge in [0.1, 0.15) is 10.8 Å². The van der Waals surface area contributed by atoms with E-state index in [1.54, 1.807) is 0 Å². The molecule has 3 heterocycles. The molecule has 0 bridgehead atoms. The molecule has 2 aromatic rings. The van der Waals surface area contributed by atoms with E-state index >= 15 is 0 Å². The lowest BCUT2D eigenvalue weighted by Gasteiger charge is -2.19. The topological polar surface area (TPSA) is 55.0 Å². The van der Waals surface area contributed by atoms with E-state index < -0.39 is 0 Å². The van der Waals surface area contributed by atoms with E-state index in [1.165, 1.54) is 48.9 Å². The molecule has 0 radical (unpaired) electrons. The number of rotatable bonds is 2. The van der Waals surface area contributed by atoms with Gasteiger partial charge in [0.25, 0.3) is 0 Å². The van der Waals surface area contributed by atoms with Gasteiger partial charge in [-0.15, -0.1) is 0 Å². The average Bonchev–Trinajstić information content (AvgIpc) is 3.12. The lowest BCUT2D eigenvalue weighted by atomic mass is 10.0. The van der Waals surface area contributed by atoms with Crippen LogP contribution in [0.15, 0.2) is 24.5 Å². The van der Waals surface area contributed by atoms with Gasteiger partial charge < -0.3 is 10.6 Å². The summed E-state index contributed by atoms with van der Waals surface area (Å²) in [6.07, 6.45) is 7.81. The summed E-state index contributed by atoms with van der Waals surface area (Å²) in [7, 11) is 0. The number of nitrogen functional groups attached to an aromatic ring is 1. The molecule has 2 fully saturated rings. The van der Waals surface area contributed by atoms with Crippen molar-refractivity contribution in [1.29, 1.82) is 0 Å². The fourth-order valence-electron chi connectivity index (χ4n) is 3.70. The van der Waals surface area contributed by atoms with E-state index in [2.05, 4.69) is 14.3 Å². The molecule has 20 heavy (non-hydrogen) atoms. The Labute approximate surface area is 122 Å². The van der Waals surface area contributed by atoms with Crippen molar-refractivity contribution in [3.63, 3.8) is 0 Å². The molecule has 2 aromatic heterocycles. The molecule has 1 aliphatic heterocycles. The van der Waals surface area contributed by atoms with Crippen molar-refractivity contribution < 1.29 is 0 Å². The summed E-state index contributed by atoms with van der Waals surface area (Å²) in [6.45, 7) is 2.34. The van der Waals surface area contributed by atoms with Crippen molar-refractivity contribution in [1.82, 2.24) is 9.36 Å². The molecule has 0 aromatic carbocycles. The maximum absolute atomic E-state index is 6.11. The van der Waals surface area contributed by atoms with Crippen molar-refractivity contribution in [2.75, 3.05) is 23.7 Å². The first-order chi connectivity index (χ1) is 9.83. The highest BCUT2D eigenvalue weighted by molar-refractivity contribution is 7.11. The number of aromatic nitrogens is 2. The highest BCUT2D eigenvalue weighted by Gasteiger charge is 2.37. The minimum atomic E-state index is 0.647. The molecule has 2 atom stereocenters. The molecule has 2 aliphatic rings. The number of anilines is 2. The van der Waals surface area contributed by atoms with E-state index in [0.717, 1.165) is 23.0 Å². The van der Waals surface area contributed by atoms with E-state index in [4.69, 9.17) is 5.73 Å². The minimum Gasteiger partial charge on any atom is -0.382 e.